The van der Waals surface area contributed by atoms with Crippen LogP contribution < -0.4 is 5.73 Å². The normalized spacial score (nSPS) is 35.0. The second kappa shape index (κ2) is 7.46. The molecule has 2 saturated carbocycles. The smallest absolute Gasteiger partial charge is 0.0337 e. The molecule has 124 valence electrons. The summed E-state index contributed by atoms with van der Waals surface area (Å²) in [6.45, 7) is 11.7. The third-order valence-electron chi connectivity index (χ3n) is 6.44. The molecule has 2 N–H and O–H groups in total. The number of nitrogens with two attached hydrogens (primary N) is 1. The molecule has 0 bridgehead atoms. The van der Waals surface area contributed by atoms with Crippen molar-refractivity contribution in [3.8, 4) is 0 Å². The van der Waals surface area contributed by atoms with Gasteiger partial charge in [0.05, 0.1) is 0 Å². The van der Waals surface area contributed by atoms with Crippen LogP contribution in [0.2, 0.25) is 0 Å². The van der Waals surface area contributed by atoms with Crippen LogP contribution in [0.15, 0.2) is 0 Å². The monoisotopic (exact) mass is 294 g/mol. The molecule has 0 heterocycles. The van der Waals surface area contributed by atoms with Crippen LogP contribution in [-0.4, -0.2) is 29.6 Å². The van der Waals surface area contributed by atoms with E-state index in [1.165, 1.54) is 57.9 Å². The molecule has 2 rings (SSSR count). The van der Waals surface area contributed by atoms with Gasteiger partial charge in [0.15, 0.2) is 0 Å². The predicted molar refractivity (Wildman–Crippen MR) is 92.4 cm³/mol. The fraction of sp³-hybridized carbons (Fsp3) is 1.00. The minimum absolute atomic E-state index is 0.301. The molecule has 2 nitrogen and oxygen atoms in total. The Morgan fingerprint density at radius 1 is 1.10 bits per heavy atom. The van der Waals surface area contributed by atoms with Gasteiger partial charge < -0.3 is 5.73 Å². The highest BCUT2D eigenvalue weighted by molar-refractivity contribution is 5.00. The van der Waals surface area contributed by atoms with Crippen molar-refractivity contribution in [3.63, 3.8) is 0 Å². The second-order valence-electron chi connectivity index (χ2n) is 8.44. The van der Waals surface area contributed by atoms with Crippen molar-refractivity contribution < 1.29 is 0 Å². The van der Waals surface area contributed by atoms with Crippen molar-refractivity contribution in [2.24, 2.45) is 23.5 Å². The maximum atomic E-state index is 6.38. The zero-order valence-electron chi connectivity index (χ0n) is 14.9. The number of nitrogens with zero attached hydrogens (tertiary/aromatic N) is 1. The van der Waals surface area contributed by atoms with Gasteiger partial charge in [-0.15, -0.1) is 0 Å². The molecule has 0 aromatic rings. The lowest BCUT2D eigenvalue weighted by Crippen LogP contribution is -2.60. The molecule has 0 aromatic heterocycles. The van der Waals surface area contributed by atoms with Gasteiger partial charge in [-0.2, -0.15) is 0 Å². The van der Waals surface area contributed by atoms with Crippen molar-refractivity contribution in [1.29, 1.82) is 0 Å². The van der Waals surface area contributed by atoms with Crippen LogP contribution in [0.1, 0.15) is 79.1 Å². The van der Waals surface area contributed by atoms with Gasteiger partial charge in [0, 0.05) is 18.1 Å². The Morgan fingerprint density at radius 2 is 1.76 bits per heavy atom. The number of rotatable bonds is 6. The van der Waals surface area contributed by atoms with Crippen molar-refractivity contribution in [2.45, 2.75) is 90.6 Å². The summed E-state index contributed by atoms with van der Waals surface area (Å²) in [5, 5.41) is 0. The van der Waals surface area contributed by atoms with E-state index in [1.54, 1.807) is 0 Å². The fourth-order valence-corrected chi connectivity index (χ4v) is 4.67. The van der Waals surface area contributed by atoms with Gasteiger partial charge in [-0.3, -0.25) is 4.90 Å². The molecule has 0 aliphatic heterocycles. The molecule has 2 heteroatoms. The second-order valence-corrected chi connectivity index (χ2v) is 8.44. The summed E-state index contributed by atoms with van der Waals surface area (Å²) in [7, 11) is 0. The Bertz CT molecular complexity index is 309. The van der Waals surface area contributed by atoms with Crippen LogP contribution in [0.5, 0.6) is 0 Å². The molecule has 2 aliphatic rings. The van der Waals surface area contributed by atoms with E-state index < -0.39 is 0 Å². The van der Waals surface area contributed by atoms with E-state index in [4.69, 9.17) is 5.73 Å². The number of hydrogen-bond donors (Lipinski definition) is 1. The van der Waals surface area contributed by atoms with Crippen LogP contribution in [0.3, 0.4) is 0 Å². The van der Waals surface area contributed by atoms with Crippen molar-refractivity contribution in [3.05, 3.63) is 0 Å². The van der Waals surface area contributed by atoms with E-state index in [9.17, 15) is 0 Å². The van der Waals surface area contributed by atoms with Gasteiger partial charge >= 0.3 is 0 Å². The Balaban J connectivity index is 2.14. The highest BCUT2D eigenvalue weighted by Crippen LogP contribution is 2.42. The molecule has 21 heavy (non-hydrogen) atoms. The largest absolute Gasteiger partial charge is 0.329 e. The van der Waals surface area contributed by atoms with E-state index in [0.717, 1.165) is 30.3 Å². The van der Waals surface area contributed by atoms with Gasteiger partial charge in [-0.25, -0.2) is 0 Å². The summed E-state index contributed by atoms with van der Waals surface area (Å²) < 4.78 is 0. The maximum Gasteiger partial charge on any atom is 0.0337 e. The standard InChI is InChI=1S/C19H38N2/c1-15(2)10-12-21(18-7-5-6-8-18)19(14-20)11-9-16(3)17(4)13-19/h15-18H,5-14,20H2,1-4H3. The minimum atomic E-state index is 0.301. The number of hydrogen-bond acceptors (Lipinski definition) is 2. The van der Waals surface area contributed by atoms with Gasteiger partial charge in [0.25, 0.3) is 0 Å². The Hall–Kier alpha value is -0.0800. The average molecular weight is 295 g/mol. The molecule has 3 atom stereocenters. The first-order valence-corrected chi connectivity index (χ1v) is 9.45. The van der Waals surface area contributed by atoms with Crippen LogP contribution in [0.4, 0.5) is 0 Å². The van der Waals surface area contributed by atoms with Gasteiger partial charge in [-0.1, -0.05) is 40.5 Å². The molecule has 2 fully saturated rings. The lowest BCUT2D eigenvalue weighted by atomic mass is 9.69. The summed E-state index contributed by atoms with van der Waals surface area (Å²) in [5.41, 5.74) is 6.68. The Morgan fingerprint density at radius 3 is 2.29 bits per heavy atom. The van der Waals surface area contributed by atoms with Crippen LogP contribution in [0.25, 0.3) is 0 Å². The summed E-state index contributed by atoms with van der Waals surface area (Å²) >= 11 is 0. The third-order valence-corrected chi connectivity index (χ3v) is 6.44. The first-order valence-electron chi connectivity index (χ1n) is 9.45. The Kier molecular flexibility index (Phi) is 6.14. The predicted octanol–water partition coefficient (Wildman–Crippen LogP) is 4.43. The summed E-state index contributed by atoms with van der Waals surface area (Å²) in [6.07, 6.45) is 11.0. The average Bonchev–Trinajstić information content (AvgIpc) is 2.96. The SMILES string of the molecule is CC(C)CCN(C1CCCC1)C1(CN)CCC(C)C(C)C1. The molecule has 2 aliphatic carbocycles. The minimum Gasteiger partial charge on any atom is -0.329 e. The zero-order chi connectivity index (χ0) is 15.5. The summed E-state index contributed by atoms with van der Waals surface area (Å²) in [4.78, 5) is 2.89. The quantitative estimate of drug-likeness (QED) is 0.785. The van der Waals surface area contributed by atoms with Crippen molar-refractivity contribution in [1.82, 2.24) is 4.90 Å². The fourth-order valence-electron chi connectivity index (χ4n) is 4.67. The van der Waals surface area contributed by atoms with Crippen LogP contribution in [0, 0.1) is 17.8 Å². The highest BCUT2D eigenvalue weighted by Gasteiger charge is 2.44. The van der Waals surface area contributed by atoms with Gasteiger partial charge in [0.1, 0.15) is 0 Å². The van der Waals surface area contributed by atoms with Gasteiger partial charge in [0.2, 0.25) is 0 Å². The maximum absolute atomic E-state index is 6.38. The van der Waals surface area contributed by atoms with Crippen LogP contribution in [-0.2, 0) is 0 Å². The molecule has 0 saturated heterocycles. The lowest BCUT2D eigenvalue weighted by Gasteiger charge is -2.52. The third kappa shape index (κ3) is 4.01. The first kappa shape index (κ1) is 17.3. The van der Waals surface area contributed by atoms with E-state index in [2.05, 4.69) is 32.6 Å². The van der Waals surface area contributed by atoms with E-state index in [1.807, 2.05) is 0 Å². The molecule has 3 unspecified atom stereocenters. The lowest BCUT2D eigenvalue weighted by molar-refractivity contribution is -0.0107. The highest BCUT2D eigenvalue weighted by atomic mass is 15.2. The van der Waals surface area contributed by atoms with E-state index in [-0.39, 0.29) is 0 Å². The molecule has 0 amide bonds. The molecule has 0 aromatic carbocycles. The van der Waals surface area contributed by atoms with Crippen molar-refractivity contribution in [2.75, 3.05) is 13.1 Å². The topological polar surface area (TPSA) is 29.3 Å². The molecule has 0 spiro atoms. The summed E-state index contributed by atoms with van der Waals surface area (Å²) in [6, 6.07) is 0.813. The molecule has 0 radical (unpaired) electrons. The van der Waals surface area contributed by atoms with E-state index in [0.29, 0.717) is 5.54 Å². The van der Waals surface area contributed by atoms with Crippen molar-refractivity contribution >= 4 is 0 Å². The molecular formula is C19H38N2. The van der Waals surface area contributed by atoms with E-state index >= 15 is 0 Å². The molecular weight excluding hydrogens is 256 g/mol. The first-order chi connectivity index (χ1) is 9.98. The van der Waals surface area contributed by atoms with Gasteiger partial charge in [-0.05, 0) is 62.8 Å². The zero-order valence-corrected chi connectivity index (χ0v) is 14.9. The van der Waals surface area contributed by atoms with Crippen LogP contribution >= 0.6 is 0 Å². The summed E-state index contributed by atoms with van der Waals surface area (Å²) in [5.74, 6) is 2.49. The Labute approximate surface area is 132 Å².